The van der Waals surface area contributed by atoms with Crippen molar-refractivity contribution in [2.75, 3.05) is 13.1 Å². The Kier molecular flexibility index (Phi) is 4.69. The molecule has 0 radical (unpaired) electrons. The average Bonchev–Trinajstić information content (AvgIpc) is 2.78. The number of nitrogens with one attached hydrogen (secondary N) is 1. The summed E-state index contributed by atoms with van der Waals surface area (Å²) in [5, 5.41) is 6.97. The van der Waals surface area contributed by atoms with Crippen molar-refractivity contribution in [2.24, 2.45) is 18.2 Å². The van der Waals surface area contributed by atoms with Gasteiger partial charge in [0.2, 0.25) is 0 Å². The van der Waals surface area contributed by atoms with E-state index in [1.165, 1.54) is 0 Å². The number of nitrogens with zero attached hydrogens (tertiary/aromatic N) is 2. The van der Waals surface area contributed by atoms with E-state index < -0.39 is 0 Å². The average molecular weight is 238 g/mol. The van der Waals surface area contributed by atoms with Gasteiger partial charge in [0.25, 0.3) is 5.91 Å². The summed E-state index contributed by atoms with van der Waals surface area (Å²) in [6.07, 6.45) is 3.68. The third-order valence-corrected chi connectivity index (χ3v) is 3.50. The van der Waals surface area contributed by atoms with Gasteiger partial charge >= 0.3 is 0 Å². The minimum absolute atomic E-state index is 0.00441. The van der Waals surface area contributed by atoms with Crippen LogP contribution in [0.4, 0.5) is 0 Å². The second kappa shape index (κ2) is 5.82. The minimum Gasteiger partial charge on any atom is -0.350 e. The molecule has 0 aliphatic carbocycles. The fourth-order valence-corrected chi connectivity index (χ4v) is 1.76. The molecule has 5 heteroatoms. The van der Waals surface area contributed by atoms with Gasteiger partial charge < -0.3 is 11.1 Å². The molecule has 17 heavy (non-hydrogen) atoms. The van der Waals surface area contributed by atoms with Crippen molar-refractivity contribution in [2.45, 2.75) is 26.7 Å². The molecule has 1 rings (SSSR count). The van der Waals surface area contributed by atoms with E-state index >= 15 is 0 Å². The Bertz CT molecular complexity index is 360. The van der Waals surface area contributed by atoms with Crippen LogP contribution in [0.3, 0.4) is 0 Å². The monoisotopic (exact) mass is 238 g/mol. The number of hydrogen-bond donors (Lipinski definition) is 2. The van der Waals surface area contributed by atoms with E-state index in [1.807, 2.05) is 0 Å². The zero-order chi connectivity index (χ0) is 12.9. The lowest BCUT2D eigenvalue weighted by Crippen LogP contribution is -2.41. The Morgan fingerprint density at radius 3 is 2.59 bits per heavy atom. The highest BCUT2D eigenvalue weighted by Crippen LogP contribution is 2.23. The van der Waals surface area contributed by atoms with Crippen molar-refractivity contribution >= 4 is 5.91 Å². The number of amides is 1. The smallest absolute Gasteiger partial charge is 0.271 e. The number of nitrogens with two attached hydrogens (primary N) is 1. The molecule has 1 amide bonds. The Hall–Kier alpha value is -1.36. The molecular formula is C12H22N4O. The Balaban J connectivity index is 2.58. The molecule has 1 aromatic rings. The molecule has 0 atom stereocenters. The van der Waals surface area contributed by atoms with E-state index in [0.717, 1.165) is 12.8 Å². The minimum atomic E-state index is -0.134. The van der Waals surface area contributed by atoms with Crippen molar-refractivity contribution in [3.63, 3.8) is 0 Å². The molecule has 0 unspecified atom stereocenters. The zero-order valence-corrected chi connectivity index (χ0v) is 10.9. The maximum atomic E-state index is 11.8. The molecule has 0 fully saturated rings. The standard InChI is InChI=1S/C12H22N4O/c1-4-12(5-2,8-13)9-14-11(17)10-6-7-16(3)15-10/h6-7H,4-5,8-9,13H2,1-3H3,(H,14,17). The molecule has 0 aliphatic heterocycles. The number of hydrogen-bond acceptors (Lipinski definition) is 3. The number of carbonyl (C=O) groups excluding carboxylic acids is 1. The van der Waals surface area contributed by atoms with Gasteiger partial charge in [-0.3, -0.25) is 9.48 Å². The summed E-state index contributed by atoms with van der Waals surface area (Å²) in [6, 6.07) is 1.71. The fraction of sp³-hybridized carbons (Fsp3) is 0.667. The zero-order valence-electron chi connectivity index (χ0n) is 10.9. The van der Waals surface area contributed by atoms with Gasteiger partial charge in [-0.1, -0.05) is 13.8 Å². The first-order valence-corrected chi connectivity index (χ1v) is 6.05. The van der Waals surface area contributed by atoms with Gasteiger partial charge in [0, 0.05) is 19.8 Å². The molecule has 0 aromatic carbocycles. The van der Waals surface area contributed by atoms with Gasteiger partial charge in [0.05, 0.1) is 0 Å². The van der Waals surface area contributed by atoms with E-state index in [2.05, 4.69) is 24.3 Å². The summed E-state index contributed by atoms with van der Waals surface area (Å²) in [4.78, 5) is 11.8. The second-order valence-corrected chi connectivity index (χ2v) is 4.47. The van der Waals surface area contributed by atoms with Crippen molar-refractivity contribution in [1.82, 2.24) is 15.1 Å². The van der Waals surface area contributed by atoms with Gasteiger partial charge in [-0.15, -0.1) is 0 Å². The van der Waals surface area contributed by atoms with E-state index in [9.17, 15) is 4.79 Å². The SMILES string of the molecule is CCC(CC)(CN)CNC(=O)c1ccn(C)n1. The first-order valence-electron chi connectivity index (χ1n) is 6.05. The molecular weight excluding hydrogens is 216 g/mol. The summed E-state index contributed by atoms with van der Waals surface area (Å²) in [5.41, 5.74) is 6.24. The van der Waals surface area contributed by atoms with Crippen LogP contribution in [-0.4, -0.2) is 28.8 Å². The molecule has 96 valence electrons. The summed E-state index contributed by atoms with van der Waals surface area (Å²) >= 11 is 0. The highest BCUT2D eigenvalue weighted by atomic mass is 16.1. The van der Waals surface area contributed by atoms with Crippen LogP contribution in [0.1, 0.15) is 37.2 Å². The predicted molar refractivity (Wildman–Crippen MR) is 67.6 cm³/mol. The summed E-state index contributed by atoms with van der Waals surface area (Å²) in [6.45, 7) is 5.39. The van der Waals surface area contributed by atoms with Crippen molar-refractivity contribution in [3.05, 3.63) is 18.0 Å². The summed E-state index contributed by atoms with van der Waals surface area (Å²) in [7, 11) is 1.79. The van der Waals surface area contributed by atoms with Gasteiger partial charge in [-0.2, -0.15) is 5.10 Å². The Labute approximate surface area is 102 Å². The lowest BCUT2D eigenvalue weighted by molar-refractivity contribution is 0.0922. The fourth-order valence-electron chi connectivity index (χ4n) is 1.76. The molecule has 0 saturated carbocycles. The van der Waals surface area contributed by atoms with Crippen LogP contribution in [0.2, 0.25) is 0 Å². The third kappa shape index (κ3) is 3.30. The number of carbonyl (C=O) groups is 1. The Morgan fingerprint density at radius 2 is 2.18 bits per heavy atom. The van der Waals surface area contributed by atoms with Crippen LogP contribution >= 0.6 is 0 Å². The quantitative estimate of drug-likeness (QED) is 0.774. The van der Waals surface area contributed by atoms with Crippen LogP contribution < -0.4 is 11.1 Å². The number of aryl methyl sites for hydroxylation is 1. The lowest BCUT2D eigenvalue weighted by atomic mass is 9.82. The number of aromatic nitrogens is 2. The summed E-state index contributed by atoms with van der Waals surface area (Å²) in [5.74, 6) is -0.134. The van der Waals surface area contributed by atoms with E-state index in [-0.39, 0.29) is 11.3 Å². The highest BCUT2D eigenvalue weighted by molar-refractivity contribution is 5.92. The molecule has 1 aromatic heterocycles. The number of rotatable bonds is 6. The van der Waals surface area contributed by atoms with Gasteiger partial charge in [0.1, 0.15) is 5.69 Å². The highest BCUT2D eigenvalue weighted by Gasteiger charge is 2.25. The van der Waals surface area contributed by atoms with Crippen LogP contribution in [0.15, 0.2) is 12.3 Å². The molecule has 5 nitrogen and oxygen atoms in total. The first-order chi connectivity index (χ1) is 8.06. The van der Waals surface area contributed by atoms with Gasteiger partial charge in [-0.25, -0.2) is 0 Å². The second-order valence-electron chi connectivity index (χ2n) is 4.47. The van der Waals surface area contributed by atoms with Crippen molar-refractivity contribution < 1.29 is 4.79 Å². The molecule has 1 heterocycles. The topological polar surface area (TPSA) is 72.9 Å². The van der Waals surface area contributed by atoms with Crippen LogP contribution in [0.5, 0.6) is 0 Å². The molecule has 0 saturated heterocycles. The normalized spacial score (nSPS) is 11.5. The maximum absolute atomic E-state index is 11.8. The first kappa shape index (κ1) is 13.7. The molecule has 0 aliphatic rings. The molecule has 3 N–H and O–H groups in total. The van der Waals surface area contributed by atoms with Crippen molar-refractivity contribution in [3.8, 4) is 0 Å². The maximum Gasteiger partial charge on any atom is 0.271 e. The van der Waals surface area contributed by atoms with Gasteiger partial charge in [0.15, 0.2) is 0 Å². The van der Waals surface area contributed by atoms with E-state index in [0.29, 0.717) is 18.8 Å². The van der Waals surface area contributed by atoms with Crippen molar-refractivity contribution in [1.29, 1.82) is 0 Å². The summed E-state index contributed by atoms with van der Waals surface area (Å²) < 4.78 is 1.62. The molecule has 0 bridgehead atoms. The largest absolute Gasteiger partial charge is 0.350 e. The lowest BCUT2D eigenvalue weighted by Gasteiger charge is -2.30. The van der Waals surface area contributed by atoms with Gasteiger partial charge in [-0.05, 0) is 30.9 Å². The van der Waals surface area contributed by atoms with E-state index in [1.54, 1.807) is 24.0 Å². The third-order valence-electron chi connectivity index (χ3n) is 3.50. The van der Waals surface area contributed by atoms with Crippen LogP contribution in [-0.2, 0) is 7.05 Å². The molecule has 0 spiro atoms. The van der Waals surface area contributed by atoms with Crippen LogP contribution in [0, 0.1) is 5.41 Å². The van der Waals surface area contributed by atoms with E-state index in [4.69, 9.17) is 5.73 Å². The van der Waals surface area contributed by atoms with Crippen LogP contribution in [0.25, 0.3) is 0 Å². The predicted octanol–water partition coefficient (Wildman–Crippen LogP) is 0.915. The Morgan fingerprint density at radius 1 is 1.53 bits per heavy atom.